The highest BCUT2D eigenvalue weighted by atomic mass is 79.9. The van der Waals surface area contributed by atoms with Crippen molar-refractivity contribution in [1.29, 1.82) is 0 Å². The molecule has 8 heteroatoms. The average Bonchev–Trinajstić information content (AvgIpc) is 2.62. The van der Waals surface area contributed by atoms with Crippen molar-refractivity contribution in [1.82, 2.24) is 0 Å². The maximum Gasteiger partial charge on any atom is 0.317 e. The van der Waals surface area contributed by atoms with E-state index in [4.69, 9.17) is 4.74 Å². The van der Waals surface area contributed by atoms with E-state index in [1.807, 2.05) is 25.1 Å². The molecule has 0 unspecified atom stereocenters. The van der Waals surface area contributed by atoms with Gasteiger partial charge in [0.05, 0.1) is 5.75 Å². The van der Waals surface area contributed by atoms with Crippen molar-refractivity contribution in [2.45, 2.75) is 31.8 Å². The van der Waals surface area contributed by atoms with Gasteiger partial charge in [0, 0.05) is 27.7 Å². The van der Waals surface area contributed by atoms with Gasteiger partial charge in [-0.15, -0.1) is 11.8 Å². The predicted octanol–water partition coefficient (Wildman–Crippen LogP) is 4.38. The van der Waals surface area contributed by atoms with Crippen molar-refractivity contribution in [3.63, 3.8) is 0 Å². The molecule has 2 aromatic carbocycles. The Balaban J connectivity index is 1.82. The van der Waals surface area contributed by atoms with E-state index in [0.29, 0.717) is 11.4 Å². The van der Waals surface area contributed by atoms with Crippen molar-refractivity contribution in [3.05, 3.63) is 52.5 Å². The fraction of sp³-hybridized carbons (Fsp3) is 0.250. The topological polar surface area (TPSA) is 84.5 Å². The number of halogens is 1. The zero-order valence-electron chi connectivity index (χ0n) is 15.7. The lowest BCUT2D eigenvalue weighted by Gasteiger charge is -2.14. The second-order valence-electron chi connectivity index (χ2n) is 6.08. The monoisotopic (exact) mass is 464 g/mol. The van der Waals surface area contributed by atoms with Gasteiger partial charge in [0.2, 0.25) is 5.91 Å². The number of rotatable bonds is 7. The number of hydrogen-bond acceptors (Lipinski definition) is 5. The van der Waals surface area contributed by atoms with E-state index in [2.05, 4.69) is 26.6 Å². The number of carbonyl (C=O) groups is 3. The Labute approximate surface area is 176 Å². The van der Waals surface area contributed by atoms with Gasteiger partial charge in [-0.2, -0.15) is 0 Å². The van der Waals surface area contributed by atoms with Gasteiger partial charge < -0.3 is 15.4 Å². The van der Waals surface area contributed by atoms with Crippen molar-refractivity contribution in [2.24, 2.45) is 0 Å². The van der Waals surface area contributed by atoms with Gasteiger partial charge in [0.1, 0.15) is 0 Å². The first-order valence-electron chi connectivity index (χ1n) is 8.51. The summed E-state index contributed by atoms with van der Waals surface area (Å²) in [7, 11) is 0. The van der Waals surface area contributed by atoms with Gasteiger partial charge in [-0.05, 0) is 61.9 Å². The summed E-state index contributed by atoms with van der Waals surface area (Å²) in [6.45, 7) is 4.90. The summed E-state index contributed by atoms with van der Waals surface area (Å²) < 4.78 is 6.19. The molecule has 148 valence electrons. The second kappa shape index (κ2) is 10.3. The molecule has 28 heavy (non-hydrogen) atoms. The number of aryl methyl sites for hydroxylation is 1. The number of hydrogen-bond donors (Lipinski definition) is 2. The summed E-state index contributed by atoms with van der Waals surface area (Å²) in [5.41, 5.74) is 2.23. The molecule has 0 bridgehead atoms. The summed E-state index contributed by atoms with van der Waals surface area (Å²) in [6.07, 6.45) is -0.922. The molecule has 0 saturated carbocycles. The van der Waals surface area contributed by atoms with Crippen LogP contribution in [0.1, 0.15) is 19.4 Å². The highest BCUT2D eigenvalue weighted by Crippen LogP contribution is 2.25. The maximum atomic E-state index is 12.2. The maximum absolute atomic E-state index is 12.2. The van der Waals surface area contributed by atoms with Crippen LogP contribution >= 0.6 is 27.7 Å². The average molecular weight is 465 g/mol. The number of thioether (sulfide) groups is 1. The molecule has 2 N–H and O–H groups in total. The van der Waals surface area contributed by atoms with E-state index in [-0.39, 0.29) is 11.7 Å². The van der Waals surface area contributed by atoms with Crippen molar-refractivity contribution in [3.8, 4) is 0 Å². The molecule has 0 heterocycles. The third kappa shape index (κ3) is 7.01. The van der Waals surface area contributed by atoms with Crippen LogP contribution in [0.15, 0.2) is 51.8 Å². The highest BCUT2D eigenvalue weighted by molar-refractivity contribution is 9.10. The van der Waals surface area contributed by atoms with Crippen molar-refractivity contribution < 1.29 is 19.1 Å². The van der Waals surface area contributed by atoms with Crippen LogP contribution < -0.4 is 10.6 Å². The molecule has 6 nitrogen and oxygen atoms in total. The number of amides is 2. The van der Waals surface area contributed by atoms with E-state index < -0.39 is 18.0 Å². The zero-order valence-corrected chi connectivity index (χ0v) is 18.1. The number of anilines is 2. The van der Waals surface area contributed by atoms with Crippen LogP contribution in [-0.4, -0.2) is 29.6 Å². The first kappa shape index (κ1) is 22.0. The second-order valence-corrected chi connectivity index (χ2v) is 8.01. The van der Waals surface area contributed by atoms with Gasteiger partial charge in [0.15, 0.2) is 6.10 Å². The van der Waals surface area contributed by atoms with E-state index in [1.165, 1.54) is 25.6 Å². The first-order valence-corrected chi connectivity index (χ1v) is 10.3. The lowest BCUT2D eigenvalue weighted by molar-refractivity contribution is -0.150. The molecule has 0 radical (unpaired) electrons. The van der Waals surface area contributed by atoms with Crippen molar-refractivity contribution >= 4 is 56.9 Å². The van der Waals surface area contributed by atoms with Crippen LogP contribution in [0.4, 0.5) is 11.4 Å². The Morgan fingerprint density at radius 1 is 1.07 bits per heavy atom. The number of benzene rings is 2. The van der Waals surface area contributed by atoms with Gasteiger partial charge >= 0.3 is 5.97 Å². The number of ether oxygens (including phenoxy) is 1. The molecular formula is C20H21BrN2O4S. The van der Waals surface area contributed by atoms with E-state index in [9.17, 15) is 14.4 Å². The molecule has 0 aliphatic carbocycles. The molecule has 0 aromatic heterocycles. The van der Waals surface area contributed by atoms with Crippen molar-refractivity contribution in [2.75, 3.05) is 16.4 Å². The molecular weight excluding hydrogens is 444 g/mol. The van der Waals surface area contributed by atoms with Crippen LogP contribution in [-0.2, 0) is 19.1 Å². The minimum atomic E-state index is -0.922. The van der Waals surface area contributed by atoms with Gasteiger partial charge in [-0.3, -0.25) is 14.4 Å². The quantitative estimate of drug-likeness (QED) is 0.469. The normalized spacial score (nSPS) is 11.4. The van der Waals surface area contributed by atoms with E-state index >= 15 is 0 Å². The Hall–Kier alpha value is -2.32. The van der Waals surface area contributed by atoms with Crippen LogP contribution in [0.25, 0.3) is 0 Å². The van der Waals surface area contributed by atoms with Gasteiger partial charge in [-0.1, -0.05) is 15.9 Å². The summed E-state index contributed by atoms with van der Waals surface area (Å²) in [5, 5.41) is 5.32. The third-order valence-electron chi connectivity index (χ3n) is 3.63. The lowest BCUT2D eigenvalue weighted by atomic mass is 10.2. The summed E-state index contributed by atoms with van der Waals surface area (Å²) in [6, 6.07) is 12.5. The fourth-order valence-corrected chi connectivity index (χ4v) is 3.55. The molecule has 0 aliphatic rings. The molecule has 0 fully saturated rings. The molecule has 2 rings (SSSR count). The molecule has 2 amide bonds. The number of carbonyl (C=O) groups excluding carboxylic acids is 3. The smallest absolute Gasteiger partial charge is 0.317 e. The third-order valence-corrected chi connectivity index (χ3v) is 5.28. The predicted molar refractivity (Wildman–Crippen MR) is 115 cm³/mol. The largest absolute Gasteiger partial charge is 0.452 e. The van der Waals surface area contributed by atoms with Crippen LogP contribution in [0.2, 0.25) is 0 Å². The molecule has 1 atom stereocenters. The molecule has 0 saturated heterocycles. The van der Waals surface area contributed by atoms with E-state index in [1.54, 1.807) is 24.3 Å². The minimum absolute atomic E-state index is 0.117. The molecule has 2 aromatic rings. The Morgan fingerprint density at radius 2 is 1.68 bits per heavy atom. The first-order chi connectivity index (χ1) is 13.2. The highest BCUT2D eigenvalue weighted by Gasteiger charge is 2.18. The summed E-state index contributed by atoms with van der Waals surface area (Å²) >= 11 is 4.77. The van der Waals surface area contributed by atoms with E-state index in [0.717, 1.165) is 14.9 Å². The fourth-order valence-electron chi connectivity index (χ4n) is 2.28. The van der Waals surface area contributed by atoms with Gasteiger partial charge in [0.25, 0.3) is 5.91 Å². The van der Waals surface area contributed by atoms with Crippen LogP contribution in [0, 0.1) is 6.92 Å². The Morgan fingerprint density at radius 3 is 2.25 bits per heavy atom. The minimum Gasteiger partial charge on any atom is -0.452 e. The van der Waals surface area contributed by atoms with Gasteiger partial charge in [-0.25, -0.2) is 0 Å². The summed E-state index contributed by atoms with van der Waals surface area (Å²) in [5.74, 6) is -0.944. The van der Waals surface area contributed by atoms with Crippen LogP contribution in [0.3, 0.4) is 0 Å². The standard InChI is InChI=1S/C20H21BrN2O4S/c1-12-10-15(21)4-9-18(12)28-11-19(25)27-13(2)20(26)23-17-7-5-16(6-8-17)22-14(3)24/h4-10,13H,11H2,1-3H3,(H,22,24)(H,23,26)/t13-/m1/s1. The summed E-state index contributed by atoms with van der Waals surface area (Å²) in [4.78, 5) is 36.2. The zero-order chi connectivity index (χ0) is 20.7. The molecule has 0 aliphatic heterocycles. The van der Waals surface area contributed by atoms with Crippen LogP contribution in [0.5, 0.6) is 0 Å². The Bertz CT molecular complexity index is 871. The lowest BCUT2D eigenvalue weighted by Crippen LogP contribution is -2.30. The Kier molecular flexibility index (Phi) is 8.07. The molecule has 0 spiro atoms. The number of nitrogens with one attached hydrogen (secondary N) is 2. The SMILES string of the molecule is CC(=O)Nc1ccc(NC(=O)[C@@H](C)OC(=O)CSc2ccc(Br)cc2C)cc1. The number of esters is 1.